The molecule has 0 aromatic heterocycles. The van der Waals surface area contributed by atoms with E-state index in [2.05, 4.69) is 15.5 Å². The molecular weight excluding hydrogens is 395 g/mol. The van der Waals surface area contributed by atoms with Crippen molar-refractivity contribution in [1.82, 2.24) is 9.80 Å². The number of halogens is 2. The van der Waals surface area contributed by atoms with E-state index < -0.39 is 0 Å². The van der Waals surface area contributed by atoms with Crippen LogP contribution in [0.25, 0.3) is 0 Å². The zero-order valence-electron chi connectivity index (χ0n) is 16.2. The Morgan fingerprint density at radius 2 is 1.72 bits per heavy atom. The zero-order valence-corrected chi connectivity index (χ0v) is 17.0. The molecule has 1 atom stereocenters. The Bertz CT molecular complexity index is 854. The molecule has 0 spiro atoms. The van der Waals surface area contributed by atoms with Crippen molar-refractivity contribution in [1.29, 1.82) is 0 Å². The van der Waals surface area contributed by atoms with Crippen LogP contribution in [0.3, 0.4) is 0 Å². The van der Waals surface area contributed by atoms with E-state index in [9.17, 15) is 14.0 Å². The third-order valence-corrected chi connectivity index (χ3v) is 5.16. The number of hydrogen-bond acceptors (Lipinski definition) is 4. The molecule has 0 saturated carbocycles. The molecular formula is C21H24ClFN4O2. The van der Waals surface area contributed by atoms with Gasteiger partial charge < -0.3 is 10.6 Å². The molecule has 2 amide bonds. The first-order chi connectivity index (χ1) is 13.9. The summed E-state index contributed by atoms with van der Waals surface area (Å²) in [5.41, 5.74) is 1.24. The number of rotatable bonds is 6. The van der Waals surface area contributed by atoms with Crippen LogP contribution in [0, 0.1) is 5.82 Å². The Morgan fingerprint density at radius 3 is 2.38 bits per heavy atom. The predicted octanol–water partition coefficient (Wildman–Crippen LogP) is 3.06. The van der Waals surface area contributed by atoms with E-state index in [1.807, 2.05) is 11.8 Å². The Balaban J connectivity index is 1.43. The fourth-order valence-electron chi connectivity index (χ4n) is 3.22. The highest BCUT2D eigenvalue weighted by molar-refractivity contribution is 6.30. The minimum Gasteiger partial charge on any atom is -0.325 e. The van der Waals surface area contributed by atoms with Gasteiger partial charge in [0.25, 0.3) is 0 Å². The van der Waals surface area contributed by atoms with Crippen LogP contribution < -0.4 is 10.6 Å². The summed E-state index contributed by atoms with van der Waals surface area (Å²) in [6, 6.07) is 12.5. The molecule has 154 valence electrons. The highest BCUT2D eigenvalue weighted by Gasteiger charge is 2.26. The second kappa shape index (κ2) is 9.82. The highest BCUT2D eigenvalue weighted by atomic mass is 35.5. The number of benzene rings is 2. The lowest BCUT2D eigenvalue weighted by atomic mass is 10.2. The Hall–Kier alpha value is -2.48. The summed E-state index contributed by atoms with van der Waals surface area (Å²) in [5.74, 6) is -0.570. The molecule has 0 unspecified atom stereocenters. The summed E-state index contributed by atoms with van der Waals surface area (Å²) in [6.07, 6.45) is 0. The van der Waals surface area contributed by atoms with Gasteiger partial charge >= 0.3 is 0 Å². The molecule has 6 nitrogen and oxygen atoms in total. The molecule has 0 aliphatic carbocycles. The third-order valence-electron chi connectivity index (χ3n) is 4.92. The van der Waals surface area contributed by atoms with Crippen molar-refractivity contribution < 1.29 is 14.0 Å². The Kier molecular flexibility index (Phi) is 7.19. The number of carbonyl (C=O) groups excluding carboxylic acids is 2. The highest BCUT2D eigenvalue weighted by Crippen LogP contribution is 2.16. The van der Waals surface area contributed by atoms with E-state index in [0.717, 1.165) is 0 Å². The van der Waals surface area contributed by atoms with Gasteiger partial charge in [0.05, 0.1) is 12.6 Å². The minimum atomic E-state index is -0.340. The molecule has 1 heterocycles. The molecule has 1 fully saturated rings. The van der Waals surface area contributed by atoms with E-state index in [0.29, 0.717) is 42.6 Å². The van der Waals surface area contributed by atoms with Gasteiger partial charge in [-0.1, -0.05) is 17.7 Å². The van der Waals surface area contributed by atoms with Gasteiger partial charge in [-0.05, 0) is 49.4 Å². The van der Waals surface area contributed by atoms with Crippen molar-refractivity contribution in [2.45, 2.75) is 13.0 Å². The molecule has 2 aromatic rings. The summed E-state index contributed by atoms with van der Waals surface area (Å²) >= 11 is 5.96. The van der Waals surface area contributed by atoms with Crippen LogP contribution in [0.4, 0.5) is 15.8 Å². The average Bonchev–Trinajstić information content (AvgIpc) is 2.70. The van der Waals surface area contributed by atoms with Crippen LogP contribution in [-0.4, -0.2) is 60.4 Å². The van der Waals surface area contributed by atoms with Crippen molar-refractivity contribution in [3.05, 3.63) is 59.4 Å². The standard InChI is InChI=1S/C21H24ClFN4O2/c1-15(21(29)25-19-4-2-3-16(22)13-19)27-11-9-26(10-12-27)14-20(28)24-18-7-5-17(23)6-8-18/h2-8,13,15H,9-12,14H2,1H3,(H,24,28)(H,25,29)/t15-/m0/s1. The second-order valence-corrected chi connectivity index (χ2v) is 7.48. The number of amides is 2. The maximum absolute atomic E-state index is 12.9. The number of nitrogens with one attached hydrogen (secondary N) is 2. The van der Waals surface area contributed by atoms with Crippen molar-refractivity contribution in [3.8, 4) is 0 Å². The fourth-order valence-corrected chi connectivity index (χ4v) is 3.41. The predicted molar refractivity (Wildman–Crippen MR) is 113 cm³/mol. The Morgan fingerprint density at radius 1 is 1.03 bits per heavy atom. The lowest BCUT2D eigenvalue weighted by Gasteiger charge is -2.37. The Labute approximate surface area is 174 Å². The number of hydrogen-bond donors (Lipinski definition) is 2. The summed E-state index contributed by atoms with van der Waals surface area (Å²) in [5, 5.41) is 6.22. The molecule has 1 saturated heterocycles. The van der Waals surface area contributed by atoms with E-state index >= 15 is 0 Å². The molecule has 3 rings (SSSR count). The average molecular weight is 419 g/mol. The number of piperazine rings is 1. The molecule has 2 N–H and O–H groups in total. The fraction of sp³-hybridized carbons (Fsp3) is 0.333. The van der Waals surface area contributed by atoms with Gasteiger partial charge in [0.1, 0.15) is 5.82 Å². The van der Waals surface area contributed by atoms with Gasteiger partial charge in [0.2, 0.25) is 11.8 Å². The lowest BCUT2D eigenvalue weighted by Crippen LogP contribution is -2.53. The maximum Gasteiger partial charge on any atom is 0.241 e. The molecule has 1 aliphatic heterocycles. The van der Waals surface area contributed by atoms with Crippen LogP contribution in [0.15, 0.2) is 48.5 Å². The summed E-state index contributed by atoms with van der Waals surface area (Å²) in [6.45, 7) is 4.88. The third kappa shape index (κ3) is 6.25. The van der Waals surface area contributed by atoms with E-state index in [-0.39, 0.29) is 30.2 Å². The van der Waals surface area contributed by atoms with Gasteiger partial charge in [0, 0.05) is 42.6 Å². The van der Waals surface area contributed by atoms with Crippen LogP contribution >= 0.6 is 11.6 Å². The lowest BCUT2D eigenvalue weighted by molar-refractivity contribution is -0.122. The molecule has 0 bridgehead atoms. The molecule has 2 aromatic carbocycles. The topological polar surface area (TPSA) is 64.7 Å². The largest absolute Gasteiger partial charge is 0.325 e. The minimum absolute atomic E-state index is 0.0882. The smallest absolute Gasteiger partial charge is 0.241 e. The molecule has 1 aliphatic rings. The molecule has 8 heteroatoms. The van der Waals surface area contributed by atoms with Crippen molar-refractivity contribution >= 4 is 34.8 Å². The monoisotopic (exact) mass is 418 g/mol. The number of nitrogens with zero attached hydrogens (tertiary/aromatic N) is 2. The van der Waals surface area contributed by atoms with Crippen LogP contribution in [-0.2, 0) is 9.59 Å². The quantitative estimate of drug-likeness (QED) is 0.756. The first-order valence-corrected chi connectivity index (χ1v) is 9.87. The van der Waals surface area contributed by atoms with Crippen LogP contribution in [0.1, 0.15) is 6.92 Å². The van der Waals surface area contributed by atoms with E-state index in [1.54, 1.807) is 24.3 Å². The van der Waals surface area contributed by atoms with Crippen LogP contribution in [0.2, 0.25) is 5.02 Å². The van der Waals surface area contributed by atoms with Crippen molar-refractivity contribution in [2.75, 3.05) is 43.4 Å². The first kappa shape index (κ1) is 21.2. The van der Waals surface area contributed by atoms with Crippen molar-refractivity contribution in [3.63, 3.8) is 0 Å². The van der Waals surface area contributed by atoms with E-state index in [1.165, 1.54) is 24.3 Å². The molecule has 0 radical (unpaired) electrons. The maximum atomic E-state index is 12.9. The SMILES string of the molecule is C[C@@H](C(=O)Nc1cccc(Cl)c1)N1CCN(CC(=O)Nc2ccc(F)cc2)CC1. The van der Waals surface area contributed by atoms with E-state index in [4.69, 9.17) is 11.6 Å². The van der Waals surface area contributed by atoms with Crippen LogP contribution in [0.5, 0.6) is 0 Å². The van der Waals surface area contributed by atoms with Gasteiger partial charge in [-0.15, -0.1) is 0 Å². The summed E-state index contributed by atoms with van der Waals surface area (Å²) < 4.78 is 12.9. The first-order valence-electron chi connectivity index (χ1n) is 9.49. The second-order valence-electron chi connectivity index (χ2n) is 7.04. The zero-order chi connectivity index (χ0) is 20.8. The van der Waals surface area contributed by atoms with Gasteiger partial charge in [-0.2, -0.15) is 0 Å². The van der Waals surface area contributed by atoms with Crippen molar-refractivity contribution in [2.24, 2.45) is 0 Å². The van der Waals surface area contributed by atoms with Gasteiger partial charge in [0.15, 0.2) is 0 Å². The normalized spacial score (nSPS) is 16.2. The summed E-state index contributed by atoms with van der Waals surface area (Å²) in [4.78, 5) is 28.8. The molecule has 29 heavy (non-hydrogen) atoms. The number of carbonyl (C=O) groups is 2. The summed E-state index contributed by atoms with van der Waals surface area (Å²) in [7, 11) is 0. The van der Waals surface area contributed by atoms with Gasteiger partial charge in [-0.25, -0.2) is 4.39 Å². The number of anilines is 2. The van der Waals surface area contributed by atoms with Gasteiger partial charge in [-0.3, -0.25) is 19.4 Å².